The largest absolute Gasteiger partial charge is 0.437 e. The molecule has 7 rings (SSSR count). The van der Waals surface area contributed by atoms with Crippen molar-refractivity contribution in [1.29, 1.82) is 10.5 Å². The van der Waals surface area contributed by atoms with Crippen molar-refractivity contribution in [2.45, 2.75) is 31.7 Å². The molecule has 2 aromatic heterocycles. The van der Waals surface area contributed by atoms with Gasteiger partial charge in [0.1, 0.15) is 11.1 Å². The zero-order valence-electron chi connectivity index (χ0n) is 18.8. The minimum atomic E-state index is -0.167. The second kappa shape index (κ2) is 7.03. The number of hydrogen-bond donors (Lipinski definition) is 1. The van der Waals surface area contributed by atoms with Gasteiger partial charge in [0.05, 0.1) is 17.6 Å². The average Bonchev–Trinajstić information content (AvgIpc) is 3.16. The third kappa shape index (κ3) is 3.00. The van der Waals surface area contributed by atoms with Crippen LogP contribution in [0.25, 0.3) is 27.9 Å². The summed E-state index contributed by atoms with van der Waals surface area (Å²) in [5.74, 6) is 1.59. The molecule has 0 unspecified atom stereocenters. The Hall–Kier alpha value is -4.43. The first-order chi connectivity index (χ1) is 16.4. The normalized spacial score (nSPS) is 22.7. The Morgan fingerprint density at radius 2 is 1.88 bits per heavy atom. The van der Waals surface area contributed by atoms with Crippen molar-refractivity contribution in [3.63, 3.8) is 0 Å². The van der Waals surface area contributed by atoms with Crippen molar-refractivity contribution < 1.29 is 4.74 Å². The lowest BCUT2D eigenvalue weighted by Crippen LogP contribution is -2.70. The van der Waals surface area contributed by atoms with Crippen LogP contribution in [0, 0.1) is 35.0 Å². The molecule has 3 fully saturated rings. The summed E-state index contributed by atoms with van der Waals surface area (Å²) in [6.45, 7) is 1.98. The molecule has 0 spiro atoms. The van der Waals surface area contributed by atoms with E-state index in [9.17, 15) is 5.26 Å². The summed E-state index contributed by atoms with van der Waals surface area (Å²) in [5, 5.41) is 28.9. The first-order valence-electron chi connectivity index (χ1n) is 11.1. The first kappa shape index (κ1) is 20.2. The molecule has 3 aliphatic rings. The molecule has 4 aromatic rings. The fourth-order valence-corrected chi connectivity index (χ4v) is 5.42. The highest BCUT2D eigenvalue weighted by Crippen LogP contribution is 2.67. The number of anilines is 1. The summed E-state index contributed by atoms with van der Waals surface area (Å²) in [6.07, 6.45) is 7.59. The summed E-state index contributed by atoms with van der Waals surface area (Å²) in [7, 11) is 1.84. The predicted octanol–water partition coefficient (Wildman–Crippen LogP) is 5.01. The lowest BCUT2D eigenvalue weighted by molar-refractivity contribution is -0.0665. The van der Waals surface area contributed by atoms with Crippen molar-refractivity contribution in [1.82, 2.24) is 19.7 Å². The van der Waals surface area contributed by atoms with Gasteiger partial charge in [-0.05, 0) is 54.8 Å². The van der Waals surface area contributed by atoms with Gasteiger partial charge in [-0.15, -0.1) is 0 Å². The number of nitriles is 2. The Balaban J connectivity index is 1.43. The predicted molar refractivity (Wildman–Crippen MR) is 128 cm³/mol. The van der Waals surface area contributed by atoms with Crippen LogP contribution in [0.4, 0.5) is 5.95 Å². The number of benzene rings is 2. The van der Waals surface area contributed by atoms with Crippen LogP contribution in [0.15, 0.2) is 42.6 Å². The molecule has 166 valence electrons. The average molecular weight is 448 g/mol. The van der Waals surface area contributed by atoms with Gasteiger partial charge >= 0.3 is 0 Å². The molecule has 0 aliphatic heterocycles. The smallest absolute Gasteiger partial charge is 0.235 e. The number of aromatic nitrogens is 4. The van der Waals surface area contributed by atoms with E-state index >= 15 is 0 Å². The maximum atomic E-state index is 9.33. The van der Waals surface area contributed by atoms with Crippen LogP contribution >= 0.6 is 0 Å². The third-order valence-electron chi connectivity index (χ3n) is 6.85. The van der Waals surface area contributed by atoms with E-state index < -0.39 is 0 Å². The molecule has 3 aliphatic carbocycles. The van der Waals surface area contributed by atoms with Crippen LogP contribution in [-0.4, -0.2) is 25.3 Å². The maximum absolute atomic E-state index is 9.33. The van der Waals surface area contributed by atoms with E-state index in [1.807, 2.05) is 56.6 Å². The summed E-state index contributed by atoms with van der Waals surface area (Å²) in [6, 6.07) is 14.4. The van der Waals surface area contributed by atoms with E-state index in [0.717, 1.165) is 46.5 Å². The van der Waals surface area contributed by atoms with E-state index in [4.69, 9.17) is 15.0 Å². The molecular weight excluding hydrogens is 426 g/mol. The number of nitrogens with zero attached hydrogens (tertiary/aromatic N) is 6. The summed E-state index contributed by atoms with van der Waals surface area (Å²) in [4.78, 5) is 9.35. The van der Waals surface area contributed by atoms with Crippen molar-refractivity contribution in [2.24, 2.45) is 12.5 Å². The molecule has 0 radical (unpaired) electrons. The van der Waals surface area contributed by atoms with Crippen molar-refractivity contribution in [2.75, 3.05) is 5.32 Å². The van der Waals surface area contributed by atoms with E-state index in [1.54, 1.807) is 4.68 Å². The summed E-state index contributed by atoms with van der Waals surface area (Å²) < 4.78 is 8.18. The Morgan fingerprint density at radius 1 is 1.12 bits per heavy atom. The maximum Gasteiger partial charge on any atom is 0.235 e. The van der Waals surface area contributed by atoms with Crippen LogP contribution < -0.4 is 10.1 Å². The first-order valence-corrected chi connectivity index (χ1v) is 11.1. The van der Waals surface area contributed by atoms with Gasteiger partial charge in [-0.2, -0.15) is 25.6 Å². The van der Waals surface area contributed by atoms with Crippen molar-refractivity contribution >= 4 is 33.8 Å². The highest BCUT2D eigenvalue weighted by Gasteiger charge is 2.69. The molecule has 2 heterocycles. The summed E-state index contributed by atoms with van der Waals surface area (Å²) >= 11 is 0. The Labute approximate surface area is 196 Å². The Kier molecular flexibility index (Phi) is 4.18. The molecule has 3 saturated carbocycles. The van der Waals surface area contributed by atoms with E-state index in [0.29, 0.717) is 23.2 Å². The van der Waals surface area contributed by atoms with Crippen LogP contribution in [0.1, 0.15) is 30.4 Å². The Morgan fingerprint density at radius 3 is 2.62 bits per heavy atom. The second-order valence-corrected chi connectivity index (χ2v) is 9.44. The number of aryl methyl sites for hydroxylation is 2. The standard InChI is InChI=1S/C26H21N7O/c1-16-10-17(6-5-9-27)18-7-3-4-8-19(18)21(16)34-23-20-11-33(2)32-22(20)29-24(30-23)31-26-12-25(13-26,14-26)15-28/h3-8,10-11H,12-14H2,1-2H3,(H,29,31,32)/b6-5+. The van der Waals surface area contributed by atoms with Crippen LogP contribution in [0.2, 0.25) is 0 Å². The van der Waals surface area contributed by atoms with Gasteiger partial charge in [0.25, 0.3) is 0 Å². The molecule has 0 atom stereocenters. The molecule has 8 heteroatoms. The molecular formula is C26H21N7O. The molecule has 8 nitrogen and oxygen atoms in total. The van der Waals surface area contributed by atoms with Gasteiger partial charge in [0, 0.05) is 30.2 Å². The Bertz CT molecular complexity index is 1580. The second-order valence-electron chi connectivity index (χ2n) is 9.44. The molecule has 0 saturated heterocycles. The van der Waals surface area contributed by atoms with Crippen molar-refractivity contribution in [3.8, 4) is 23.8 Å². The quantitative estimate of drug-likeness (QED) is 0.428. The SMILES string of the molecule is Cc1cc(/C=C/C#N)c2ccccc2c1Oc1nc(NC23CC(C#N)(C2)C3)nc2nn(C)cc12. The van der Waals surface area contributed by atoms with Crippen molar-refractivity contribution in [3.05, 3.63) is 53.7 Å². The van der Waals surface area contributed by atoms with Crippen LogP contribution in [0.5, 0.6) is 11.6 Å². The van der Waals surface area contributed by atoms with Crippen LogP contribution in [-0.2, 0) is 7.05 Å². The fraction of sp³-hybridized carbons (Fsp3) is 0.269. The highest BCUT2D eigenvalue weighted by molar-refractivity contribution is 5.96. The highest BCUT2D eigenvalue weighted by atomic mass is 16.5. The van der Waals surface area contributed by atoms with Gasteiger partial charge < -0.3 is 10.1 Å². The number of nitrogens with one attached hydrogen (secondary N) is 1. The van der Waals surface area contributed by atoms with E-state index in [-0.39, 0.29) is 11.0 Å². The van der Waals surface area contributed by atoms with Crippen LogP contribution in [0.3, 0.4) is 0 Å². The van der Waals surface area contributed by atoms with E-state index in [2.05, 4.69) is 27.5 Å². The number of ether oxygens (including phenoxy) is 1. The molecule has 2 bridgehead atoms. The number of hydrogen-bond acceptors (Lipinski definition) is 7. The molecule has 1 N–H and O–H groups in total. The van der Waals surface area contributed by atoms with E-state index in [1.165, 1.54) is 6.08 Å². The molecule has 0 amide bonds. The van der Waals surface area contributed by atoms with Gasteiger partial charge in [-0.1, -0.05) is 24.3 Å². The van der Waals surface area contributed by atoms with Gasteiger partial charge in [0.15, 0.2) is 5.65 Å². The monoisotopic (exact) mass is 447 g/mol. The zero-order chi connectivity index (χ0) is 23.5. The summed E-state index contributed by atoms with van der Waals surface area (Å²) in [5.41, 5.74) is 2.16. The minimum absolute atomic E-state index is 0.104. The van der Waals surface area contributed by atoms with Gasteiger partial charge in [0.2, 0.25) is 11.8 Å². The van der Waals surface area contributed by atoms with Gasteiger partial charge in [-0.3, -0.25) is 4.68 Å². The number of fused-ring (bicyclic) bond motifs is 2. The molecule has 2 aromatic carbocycles. The topological polar surface area (TPSA) is 112 Å². The number of allylic oxidation sites excluding steroid dienone is 1. The fourth-order valence-electron chi connectivity index (χ4n) is 5.42. The third-order valence-corrected chi connectivity index (χ3v) is 6.85. The number of rotatable bonds is 5. The van der Waals surface area contributed by atoms with Gasteiger partial charge in [-0.25, -0.2) is 0 Å². The lowest BCUT2D eigenvalue weighted by atomic mass is 9.40. The lowest BCUT2D eigenvalue weighted by Gasteiger charge is -2.66. The molecule has 34 heavy (non-hydrogen) atoms. The zero-order valence-corrected chi connectivity index (χ0v) is 18.8. The minimum Gasteiger partial charge on any atom is -0.437 e.